The van der Waals surface area contributed by atoms with Crippen LogP contribution in [0.4, 0.5) is 4.39 Å². The topological polar surface area (TPSA) is 104 Å². The standard InChI is InChI=1S/C25H31FN4O5/c1-15-6-5-7-20(23(15)26)34-17-11-22(31)29(13-17)19-10-16(2)30(24(19)32)21(27)8-9-28-12-18-14-33-25(3,4)35-18/h5-9,11,16,18-19,27-28H,10,12-14H2,1-4H3/b9-8-,27-21?/t16?,18-,19+/m1/s1. The van der Waals surface area contributed by atoms with E-state index in [1.165, 1.54) is 28.0 Å². The van der Waals surface area contributed by atoms with Crippen molar-refractivity contribution in [3.05, 3.63) is 53.7 Å². The van der Waals surface area contributed by atoms with Crippen molar-refractivity contribution in [3.63, 3.8) is 0 Å². The first-order valence-corrected chi connectivity index (χ1v) is 11.6. The summed E-state index contributed by atoms with van der Waals surface area (Å²) in [5, 5.41) is 11.5. The van der Waals surface area contributed by atoms with Gasteiger partial charge in [-0.2, -0.15) is 0 Å². The first-order chi connectivity index (χ1) is 16.6. The smallest absolute Gasteiger partial charge is 0.251 e. The molecule has 188 valence electrons. The third kappa shape index (κ3) is 5.38. The Morgan fingerprint density at radius 2 is 2.14 bits per heavy atom. The number of amidine groups is 1. The van der Waals surface area contributed by atoms with Crippen molar-refractivity contribution < 1.29 is 28.2 Å². The van der Waals surface area contributed by atoms with Crippen molar-refractivity contribution in [3.8, 4) is 5.75 Å². The molecule has 0 radical (unpaired) electrons. The molecule has 1 aromatic carbocycles. The number of benzene rings is 1. The molecule has 0 aliphatic carbocycles. The predicted octanol–water partition coefficient (Wildman–Crippen LogP) is 2.46. The van der Waals surface area contributed by atoms with E-state index in [1.807, 2.05) is 20.8 Å². The molecule has 1 aromatic rings. The van der Waals surface area contributed by atoms with E-state index >= 15 is 0 Å². The largest absolute Gasteiger partial charge is 0.457 e. The van der Waals surface area contributed by atoms with Crippen LogP contribution in [0.2, 0.25) is 0 Å². The quantitative estimate of drug-likeness (QED) is 0.453. The lowest BCUT2D eigenvalue weighted by Crippen LogP contribution is -2.44. The molecule has 0 saturated carbocycles. The number of amides is 2. The number of nitrogens with zero attached hydrogens (tertiary/aromatic N) is 2. The summed E-state index contributed by atoms with van der Waals surface area (Å²) >= 11 is 0. The van der Waals surface area contributed by atoms with Crippen molar-refractivity contribution >= 4 is 17.6 Å². The van der Waals surface area contributed by atoms with Crippen molar-refractivity contribution in [1.82, 2.24) is 15.1 Å². The molecule has 2 fully saturated rings. The van der Waals surface area contributed by atoms with Gasteiger partial charge in [0.25, 0.3) is 11.8 Å². The summed E-state index contributed by atoms with van der Waals surface area (Å²) in [6, 6.07) is 3.82. The number of carbonyl (C=O) groups excluding carboxylic acids is 2. The maximum absolute atomic E-state index is 14.3. The van der Waals surface area contributed by atoms with Crippen LogP contribution < -0.4 is 10.1 Å². The maximum Gasteiger partial charge on any atom is 0.251 e. The average Bonchev–Trinajstić information content (AvgIpc) is 3.42. The third-order valence-electron chi connectivity index (χ3n) is 6.23. The predicted molar refractivity (Wildman–Crippen MR) is 126 cm³/mol. The molecule has 9 nitrogen and oxygen atoms in total. The second-order valence-corrected chi connectivity index (χ2v) is 9.45. The van der Waals surface area contributed by atoms with Gasteiger partial charge in [-0.15, -0.1) is 0 Å². The molecule has 10 heteroatoms. The van der Waals surface area contributed by atoms with E-state index in [2.05, 4.69) is 5.32 Å². The molecule has 2 N–H and O–H groups in total. The summed E-state index contributed by atoms with van der Waals surface area (Å²) in [6.45, 7) is 8.23. The lowest BCUT2D eigenvalue weighted by atomic mass is 10.1. The molecule has 3 heterocycles. The first-order valence-electron chi connectivity index (χ1n) is 11.6. The highest BCUT2D eigenvalue weighted by molar-refractivity contribution is 6.07. The highest BCUT2D eigenvalue weighted by Crippen LogP contribution is 2.29. The van der Waals surface area contributed by atoms with Gasteiger partial charge in [0.15, 0.2) is 17.4 Å². The zero-order valence-corrected chi connectivity index (χ0v) is 20.3. The Kier molecular flexibility index (Phi) is 6.95. The van der Waals surface area contributed by atoms with Gasteiger partial charge in [0.1, 0.15) is 23.7 Å². The van der Waals surface area contributed by atoms with E-state index in [4.69, 9.17) is 19.6 Å². The van der Waals surface area contributed by atoms with Gasteiger partial charge in [-0.05, 0) is 51.8 Å². The molecular weight excluding hydrogens is 455 g/mol. The van der Waals surface area contributed by atoms with Crippen LogP contribution in [0.25, 0.3) is 0 Å². The lowest BCUT2D eigenvalue weighted by Gasteiger charge is -2.23. The van der Waals surface area contributed by atoms with Gasteiger partial charge < -0.3 is 24.4 Å². The number of nitrogens with one attached hydrogen (secondary N) is 2. The van der Waals surface area contributed by atoms with E-state index in [1.54, 1.807) is 25.3 Å². The van der Waals surface area contributed by atoms with Crippen LogP contribution in [0.1, 0.15) is 32.8 Å². The fourth-order valence-corrected chi connectivity index (χ4v) is 4.48. The molecule has 2 amide bonds. The van der Waals surface area contributed by atoms with Gasteiger partial charge in [-0.1, -0.05) is 12.1 Å². The van der Waals surface area contributed by atoms with Crippen LogP contribution >= 0.6 is 0 Å². The van der Waals surface area contributed by atoms with Crippen LogP contribution in [-0.2, 0) is 19.1 Å². The summed E-state index contributed by atoms with van der Waals surface area (Å²) in [7, 11) is 0. The average molecular weight is 487 g/mol. The van der Waals surface area contributed by atoms with Crippen LogP contribution in [0.3, 0.4) is 0 Å². The molecule has 0 aromatic heterocycles. The Morgan fingerprint density at radius 3 is 2.86 bits per heavy atom. The Balaban J connectivity index is 1.32. The van der Waals surface area contributed by atoms with E-state index in [0.717, 1.165) is 0 Å². The van der Waals surface area contributed by atoms with Gasteiger partial charge in [0.05, 0.1) is 13.2 Å². The van der Waals surface area contributed by atoms with Gasteiger partial charge in [-0.3, -0.25) is 19.9 Å². The summed E-state index contributed by atoms with van der Waals surface area (Å²) in [5.74, 6) is -1.44. The van der Waals surface area contributed by atoms with Gasteiger partial charge in [0.2, 0.25) is 0 Å². The Morgan fingerprint density at radius 1 is 1.37 bits per heavy atom. The number of rotatable bonds is 7. The zero-order chi connectivity index (χ0) is 25.3. The molecule has 1 unspecified atom stereocenters. The minimum absolute atomic E-state index is 0.0272. The molecule has 0 bridgehead atoms. The van der Waals surface area contributed by atoms with E-state index < -0.39 is 17.6 Å². The Bertz CT molecular complexity index is 1090. The van der Waals surface area contributed by atoms with Crippen molar-refractivity contribution in [2.24, 2.45) is 0 Å². The molecule has 2 saturated heterocycles. The second-order valence-electron chi connectivity index (χ2n) is 9.45. The number of carbonyl (C=O) groups is 2. The fourth-order valence-electron chi connectivity index (χ4n) is 4.48. The number of hydrogen-bond acceptors (Lipinski definition) is 7. The Labute approximate surface area is 204 Å². The van der Waals surface area contributed by atoms with Gasteiger partial charge in [0, 0.05) is 24.9 Å². The molecule has 4 rings (SSSR count). The summed E-state index contributed by atoms with van der Waals surface area (Å²) in [6.07, 6.45) is 4.69. The number of halogens is 1. The third-order valence-corrected chi connectivity index (χ3v) is 6.23. The van der Waals surface area contributed by atoms with Crippen LogP contribution in [0, 0.1) is 18.2 Å². The van der Waals surface area contributed by atoms with Crippen LogP contribution in [0.15, 0.2) is 42.3 Å². The molecule has 0 spiro atoms. The molecular formula is C25H31FN4O5. The summed E-state index contributed by atoms with van der Waals surface area (Å²) in [5.41, 5.74) is 0.439. The van der Waals surface area contributed by atoms with Crippen molar-refractivity contribution in [2.45, 2.75) is 58.1 Å². The number of hydrogen-bond donors (Lipinski definition) is 2. The van der Waals surface area contributed by atoms with Gasteiger partial charge >= 0.3 is 0 Å². The van der Waals surface area contributed by atoms with E-state index in [9.17, 15) is 14.0 Å². The van der Waals surface area contributed by atoms with Crippen molar-refractivity contribution in [2.75, 3.05) is 19.7 Å². The first kappa shape index (κ1) is 24.9. The highest BCUT2D eigenvalue weighted by atomic mass is 19.1. The second kappa shape index (κ2) is 9.79. The summed E-state index contributed by atoms with van der Waals surface area (Å²) < 4.78 is 31.2. The Hall–Kier alpha value is -3.24. The highest BCUT2D eigenvalue weighted by Gasteiger charge is 2.45. The van der Waals surface area contributed by atoms with Crippen molar-refractivity contribution in [1.29, 1.82) is 5.41 Å². The molecule has 35 heavy (non-hydrogen) atoms. The van der Waals surface area contributed by atoms with Crippen LogP contribution in [0.5, 0.6) is 5.75 Å². The molecule has 3 atom stereocenters. The number of likely N-dealkylation sites (tertiary alicyclic amines) is 1. The summed E-state index contributed by atoms with van der Waals surface area (Å²) in [4.78, 5) is 28.6. The fraction of sp³-hybridized carbons (Fsp3) is 0.480. The lowest BCUT2D eigenvalue weighted by molar-refractivity contribution is -0.137. The normalized spacial score (nSPS) is 26.1. The monoisotopic (exact) mass is 486 g/mol. The van der Waals surface area contributed by atoms with E-state index in [0.29, 0.717) is 25.1 Å². The van der Waals surface area contributed by atoms with Gasteiger partial charge in [-0.25, -0.2) is 4.39 Å². The minimum atomic E-state index is -0.717. The molecule has 3 aliphatic heterocycles. The molecule has 3 aliphatic rings. The SMILES string of the molecule is Cc1cccc(OC2=CC(=O)N([C@H]3CC(C)N(C(=N)/C=C\NC[C@@H]4COC(C)(C)O4)C3=O)C2)c1F. The number of aryl methyl sites for hydroxylation is 1. The van der Waals surface area contributed by atoms with E-state index in [-0.39, 0.29) is 47.8 Å². The zero-order valence-electron chi connectivity index (χ0n) is 20.3. The number of ether oxygens (including phenoxy) is 3. The maximum atomic E-state index is 14.3. The minimum Gasteiger partial charge on any atom is -0.457 e. The van der Waals surface area contributed by atoms with Crippen LogP contribution in [-0.4, -0.2) is 71.1 Å².